The van der Waals surface area contributed by atoms with Crippen LogP contribution >= 0.6 is 15.9 Å². The summed E-state index contributed by atoms with van der Waals surface area (Å²) in [6.07, 6.45) is 1.10. The van der Waals surface area contributed by atoms with Gasteiger partial charge in [-0.05, 0) is 44.5 Å². The minimum atomic E-state index is 0.391. The first-order valence-corrected chi connectivity index (χ1v) is 7.11. The van der Waals surface area contributed by atoms with Crippen molar-refractivity contribution in [1.29, 1.82) is 0 Å². The number of likely N-dealkylation sites (tertiary alicyclic amines) is 1. The SMILES string of the molecule is COc1c(C)ccc(Br)c1C1CC(CN)CN1C. The van der Waals surface area contributed by atoms with Gasteiger partial charge in [0.2, 0.25) is 0 Å². The Morgan fingerprint density at radius 2 is 2.22 bits per heavy atom. The van der Waals surface area contributed by atoms with Crippen LogP contribution in [-0.4, -0.2) is 32.1 Å². The molecule has 0 aliphatic carbocycles. The number of hydrogen-bond donors (Lipinski definition) is 1. The molecule has 2 unspecified atom stereocenters. The van der Waals surface area contributed by atoms with Gasteiger partial charge in [0.05, 0.1) is 7.11 Å². The monoisotopic (exact) mass is 312 g/mol. The lowest BCUT2D eigenvalue weighted by Gasteiger charge is -2.24. The van der Waals surface area contributed by atoms with Crippen LogP contribution in [0.4, 0.5) is 0 Å². The van der Waals surface area contributed by atoms with Crippen LogP contribution in [-0.2, 0) is 0 Å². The number of hydrogen-bond acceptors (Lipinski definition) is 3. The fourth-order valence-corrected chi connectivity index (χ4v) is 3.46. The second kappa shape index (κ2) is 5.59. The molecule has 2 N–H and O–H groups in total. The van der Waals surface area contributed by atoms with Crippen molar-refractivity contribution in [2.24, 2.45) is 11.7 Å². The van der Waals surface area contributed by atoms with Crippen molar-refractivity contribution in [3.63, 3.8) is 0 Å². The average Bonchev–Trinajstić information content (AvgIpc) is 2.73. The zero-order valence-electron chi connectivity index (χ0n) is 11.2. The molecule has 3 nitrogen and oxygen atoms in total. The Kier molecular flexibility index (Phi) is 4.30. The average molecular weight is 313 g/mol. The van der Waals surface area contributed by atoms with Crippen LogP contribution in [0, 0.1) is 12.8 Å². The first kappa shape index (κ1) is 13.8. The molecule has 4 heteroatoms. The lowest BCUT2D eigenvalue weighted by molar-refractivity contribution is 0.301. The number of benzene rings is 1. The largest absolute Gasteiger partial charge is 0.496 e. The number of ether oxygens (including phenoxy) is 1. The maximum Gasteiger partial charge on any atom is 0.127 e. The van der Waals surface area contributed by atoms with E-state index in [9.17, 15) is 0 Å². The van der Waals surface area contributed by atoms with Gasteiger partial charge >= 0.3 is 0 Å². The molecule has 1 aliphatic heterocycles. The molecule has 1 aromatic rings. The fourth-order valence-electron chi connectivity index (χ4n) is 2.88. The summed E-state index contributed by atoms with van der Waals surface area (Å²) in [5.74, 6) is 1.58. The van der Waals surface area contributed by atoms with Crippen LogP contribution in [0.1, 0.15) is 23.6 Å². The number of halogens is 1. The third-order valence-corrected chi connectivity index (χ3v) is 4.54. The highest BCUT2D eigenvalue weighted by molar-refractivity contribution is 9.10. The van der Waals surface area contributed by atoms with E-state index in [1.54, 1.807) is 7.11 Å². The minimum Gasteiger partial charge on any atom is -0.496 e. The summed E-state index contributed by atoms with van der Waals surface area (Å²) in [6, 6.07) is 4.58. The van der Waals surface area contributed by atoms with E-state index in [2.05, 4.69) is 46.9 Å². The fraction of sp³-hybridized carbons (Fsp3) is 0.571. The van der Waals surface area contributed by atoms with Crippen LogP contribution in [0.25, 0.3) is 0 Å². The van der Waals surface area contributed by atoms with E-state index in [1.807, 2.05) is 0 Å². The number of nitrogens with zero attached hydrogens (tertiary/aromatic N) is 1. The van der Waals surface area contributed by atoms with E-state index >= 15 is 0 Å². The topological polar surface area (TPSA) is 38.5 Å². The zero-order chi connectivity index (χ0) is 13.3. The number of methoxy groups -OCH3 is 1. The molecule has 0 saturated carbocycles. The summed E-state index contributed by atoms with van der Waals surface area (Å²) in [6.45, 7) is 3.90. The standard InChI is InChI=1S/C14H21BrN2O/c1-9-4-5-11(15)13(14(9)18-3)12-6-10(7-16)8-17(12)2/h4-5,10,12H,6-8,16H2,1-3H3. The highest BCUT2D eigenvalue weighted by atomic mass is 79.9. The third kappa shape index (κ3) is 2.42. The molecular formula is C14H21BrN2O. The molecule has 1 saturated heterocycles. The van der Waals surface area contributed by atoms with E-state index in [0.717, 1.165) is 29.7 Å². The number of aryl methyl sites for hydroxylation is 1. The highest BCUT2D eigenvalue weighted by Crippen LogP contribution is 2.43. The van der Waals surface area contributed by atoms with Gasteiger partial charge in [0.15, 0.2) is 0 Å². The summed E-state index contributed by atoms with van der Waals surface area (Å²) >= 11 is 3.66. The molecular weight excluding hydrogens is 292 g/mol. The molecule has 0 aromatic heterocycles. The van der Waals surface area contributed by atoms with Gasteiger partial charge in [-0.3, -0.25) is 4.90 Å². The van der Waals surface area contributed by atoms with Crippen LogP contribution < -0.4 is 10.5 Å². The maximum absolute atomic E-state index is 5.81. The van der Waals surface area contributed by atoms with Gasteiger partial charge < -0.3 is 10.5 Å². The molecule has 1 aliphatic rings. The molecule has 0 bridgehead atoms. The van der Waals surface area contributed by atoms with Gasteiger partial charge in [-0.1, -0.05) is 22.0 Å². The summed E-state index contributed by atoms with van der Waals surface area (Å²) in [5.41, 5.74) is 8.25. The van der Waals surface area contributed by atoms with Gasteiger partial charge in [0.25, 0.3) is 0 Å². The molecule has 18 heavy (non-hydrogen) atoms. The molecule has 0 amide bonds. The van der Waals surface area contributed by atoms with E-state index in [4.69, 9.17) is 10.5 Å². The predicted molar refractivity (Wildman–Crippen MR) is 78.0 cm³/mol. The smallest absolute Gasteiger partial charge is 0.127 e. The van der Waals surface area contributed by atoms with Gasteiger partial charge in [-0.25, -0.2) is 0 Å². The van der Waals surface area contributed by atoms with Crippen LogP contribution in [0.5, 0.6) is 5.75 Å². The summed E-state index contributed by atoms with van der Waals surface area (Å²) in [7, 11) is 3.90. The first-order valence-electron chi connectivity index (χ1n) is 6.31. The van der Waals surface area contributed by atoms with E-state index in [-0.39, 0.29) is 0 Å². The summed E-state index contributed by atoms with van der Waals surface area (Å²) in [5, 5.41) is 0. The van der Waals surface area contributed by atoms with Crippen molar-refractivity contribution in [1.82, 2.24) is 4.90 Å². The van der Waals surface area contributed by atoms with Crippen molar-refractivity contribution < 1.29 is 4.74 Å². The molecule has 100 valence electrons. The van der Waals surface area contributed by atoms with Crippen LogP contribution in [0.2, 0.25) is 0 Å². The summed E-state index contributed by atoms with van der Waals surface area (Å²) in [4.78, 5) is 2.37. The van der Waals surface area contributed by atoms with Gasteiger partial charge in [0, 0.05) is 22.6 Å². The van der Waals surface area contributed by atoms with Crippen molar-refractivity contribution in [2.75, 3.05) is 27.2 Å². The van der Waals surface area contributed by atoms with Crippen molar-refractivity contribution in [3.05, 3.63) is 27.7 Å². The molecule has 0 spiro atoms. The van der Waals surface area contributed by atoms with E-state index < -0.39 is 0 Å². The Hall–Kier alpha value is -0.580. The predicted octanol–water partition coefficient (Wildman–Crippen LogP) is 2.72. The lowest BCUT2D eigenvalue weighted by atomic mass is 9.97. The zero-order valence-corrected chi connectivity index (χ0v) is 12.8. The molecule has 2 atom stereocenters. The Labute approximate surface area is 117 Å². The first-order chi connectivity index (χ1) is 8.58. The van der Waals surface area contributed by atoms with E-state index in [1.165, 1.54) is 11.1 Å². The molecule has 1 aromatic carbocycles. The maximum atomic E-state index is 5.81. The molecule has 1 fully saturated rings. The molecule has 1 heterocycles. The third-order valence-electron chi connectivity index (χ3n) is 3.85. The van der Waals surface area contributed by atoms with Gasteiger partial charge in [-0.2, -0.15) is 0 Å². The van der Waals surface area contributed by atoms with Crippen molar-refractivity contribution in [2.45, 2.75) is 19.4 Å². The lowest BCUT2D eigenvalue weighted by Crippen LogP contribution is -2.21. The number of rotatable bonds is 3. The van der Waals surface area contributed by atoms with Crippen LogP contribution in [0.3, 0.4) is 0 Å². The van der Waals surface area contributed by atoms with Crippen molar-refractivity contribution in [3.8, 4) is 5.75 Å². The van der Waals surface area contributed by atoms with Gasteiger partial charge in [0.1, 0.15) is 5.75 Å². The Morgan fingerprint density at radius 3 is 2.78 bits per heavy atom. The molecule has 0 radical (unpaired) electrons. The van der Waals surface area contributed by atoms with Crippen molar-refractivity contribution >= 4 is 15.9 Å². The van der Waals surface area contributed by atoms with Gasteiger partial charge in [-0.15, -0.1) is 0 Å². The number of nitrogens with two attached hydrogens (primary N) is 1. The second-order valence-electron chi connectivity index (χ2n) is 5.10. The quantitative estimate of drug-likeness (QED) is 0.932. The summed E-state index contributed by atoms with van der Waals surface area (Å²) < 4.78 is 6.72. The Bertz CT molecular complexity index is 436. The normalized spacial score (nSPS) is 24.5. The molecule has 2 rings (SSSR count). The Morgan fingerprint density at radius 1 is 1.50 bits per heavy atom. The van der Waals surface area contributed by atoms with E-state index in [0.29, 0.717) is 12.0 Å². The Balaban J connectivity index is 2.41. The van der Waals surface area contributed by atoms with Crippen LogP contribution in [0.15, 0.2) is 16.6 Å². The highest BCUT2D eigenvalue weighted by Gasteiger charge is 2.33. The second-order valence-corrected chi connectivity index (χ2v) is 5.96. The minimum absolute atomic E-state index is 0.391.